The predicted molar refractivity (Wildman–Crippen MR) is 90.3 cm³/mol. The van der Waals surface area contributed by atoms with Crippen LogP contribution in [0.5, 0.6) is 0 Å². The third kappa shape index (κ3) is 2.76. The second-order valence-corrected chi connectivity index (χ2v) is 7.94. The van der Waals surface area contributed by atoms with Gasteiger partial charge in [-0.1, -0.05) is 12.2 Å². The Bertz CT molecular complexity index is 504. The predicted octanol–water partition coefficient (Wildman–Crippen LogP) is 3.27. The van der Waals surface area contributed by atoms with E-state index in [1.165, 1.54) is 31.4 Å². The van der Waals surface area contributed by atoms with Crippen LogP contribution in [0.15, 0.2) is 23.4 Å². The second kappa shape index (κ2) is 5.84. The number of hydrogen-bond acceptors (Lipinski definition) is 3. The Labute approximate surface area is 134 Å². The Kier molecular flexibility index (Phi) is 4.19. The van der Waals surface area contributed by atoms with Crippen molar-refractivity contribution < 1.29 is 4.79 Å². The van der Waals surface area contributed by atoms with Crippen LogP contribution in [-0.2, 0) is 4.79 Å². The van der Waals surface area contributed by atoms with Gasteiger partial charge in [0.1, 0.15) is 0 Å². The lowest BCUT2D eigenvalue weighted by molar-refractivity contribution is -0.117. The summed E-state index contributed by atoms with van der Waals surface area (Å²) in [5, 5.41) is 0. The van der Waals surface area contributed by atoms with Crippen molar-refractivity contribution >= 4 is 5.78 Å². The normalized spacial score (nSPS) is 29.0. The Morgan fingerprint density at radius 3 is 2.50 bits per heavy atom. The number of rotatable bonds is 3. The van der Waals surface area contributed by atoms with E-state index in [0.717, 1.165) is 43.1 Å². The number of allylic oxidation sites excluding steroid dienone is 3. The summed E-state index contributed by atoms with van der Waals surface area (Å²) < 4.78 is 0. The lowest BCUT2D eigenvalue weighted by Gasteiger charge is -2.53. The Morgan fingerprint density at radius 1 is 1.32 bits per heavy atom. The molecule has 3 heteroatoms. The summed E-state index contributed by atoms with van der Waals surface area (Å²) in [6.45, 7) is 11.2. The van der Waals surface area contributed by atoms with Gasteiger partial charge in [0.25, 0.3) is 0 Å². The Morgan fingerprint density at radius 2 is 1.95 bits per heavy atom. The van der Waals surface area contributed by atoms with Crippen molar-refractivity contribution in [3.63, 3.8) is 0 Å². The van der Waals surface area contributed by atoms with Crippen LogP contribution < -0.4 is 5.73 Å². The summed E-state index contributed by atoms with van der Waals surface area (Å²) in [4.78, 5) is 14.8. The fourth-order valence-electron chi connectivity index (χ4n) is 4.70. The van der Waals surface area contributed by atoms with E-state index in [4.69, 9.17) is 5.73 Å². The van der Waals surface area contributed by atoms with Crippen LogP contribution in [0.3, 0.4) is 0 Å². The summed E-state index contributed by atoms with van der Waals surface area (Å²) in [5.74, 6) is 1.42. The molecular formula is C19H30N2O. The van der Waals surface area contributed by atoms with E-state index in [1.54, 1.807) is 0 Å². The number of ketones is 1. The number of piperidine rings is 1. The average Bonchev–Trinajstić information content (AvgIpc) is 2.47. The molecule has 1 atom stereocenters. The molecular weight excluding hydrogens is 272 g/mol. The molecule has 0 amide bonds. The van der Waals surface area contributed by atoms with Gasteiger partial charge in [-0.3, -0.25) is 4.79 Å². The Hall–Kier alpha value is -1.09. The molecule has 0 aromatic rings. The van der Waals surface area contributed by atoms with Gasteiger partial charge in [0.15, 0.2) is 5.78 Å². The van der Waals surface area contributed by atoms with Crippen molar-refractivity contribution in [2.24, 2.45) is 23.0 Å². The van der Waals surface area contributed by atoms with E-state index in [0.29, 0.717) is 23.5 Å². The molecule has 1 saturated carbocycles. The van der Waals surface area contributed by atoms with Gasteiger partial charge >= 0.3 is 0 Å². The minimum Gasteiger partial charge on any atom is -0.374 e. The molecule has 3 aliphatic rings. The molecule has 0 bridgehead atoms. The van der Waals surface area contributed by atoms with E-state index in [-0.39, 0.29) is 0 Å². The lowest BCUT2D eigenvalue weighted by atomic mass is 9.57. The van der Waals surface area contributed by atoms with E-state index in [1.807, 2.05) is 6.92 Å². The molecule has 1 aliphatic heterocycles. The van der Waals surface area contributed by atoms with Crippen LogP contribution in [0.25, 0.3) is 0 Å². The molecule has 3 nitrogen and oxygen atoms in total. The van der Waals surface area contributed by atoms with Gasteiger partial charge in [-0.15, -0.1) is 0 Å². The third-order valence-electron chi connectivity index (χ3n) is 6.40. The summed E-state index contributed by atoms with van der Waals surface area (Å²) in [6, 6.07) is 0. The molecule has 3 rings (SSSR count). The van der Waals surface area contributed by atoms with Gasteiger partial charge in [0.05, 0.1) is 0 Å². The number of carbonyl (C=O) groups is 1. The number of nitrogens with zero attached hydrogens (tertiary/aromatic N) is 1. The van der Waals surface area contributed by atoms with Gasteiger partial charge < -0.3 is 10.6 Å². The van der Waals surface area contributed by atoms with Crippen LogP contribution in [-0.4, -0.2) is 30.3 Å². The van der Waals surface area contributed by atoms with Gasteiger partial charge in [0, 0.05) is 30.8 Å². The number of nitrogens with two attached hydrogens (primary N) is 1. The zero-order valence-corrected chi connectivity index (χ0v) is 14.2. The minimum absolute atomic E-state index is 0.321. The smallest absolute Gasteiger partial charge is 0.160 e. The largest absolute Gasteiger partial charge is 0.374 e. The zero-order valence-electron chi connectivity index (χ0n) is 14.2. The number of carbonyl (C=O) groups excluding carboxylic acids is 1. The molecule has 122 valence electrons. The first-order chi connectivity index (χ1) is 10.4. The van der Waals surface area contributed by atoms with Gasteiger partial charge in [0.2, 0.25) is 0 Å². The summed E-state index contributed by atoms with van der Waals surface area (Å²) in [7, 11) is 0. The van der Waals surface area contributed by atoms with E-state index in [2.05, 4.69) is 18.4 Å². The quantitative estimate of drug-likeness (QED) is 0.814. The number of hydrogen-bond donors (Lipinski definition) is 1. The summed E-state index contributed by atoms with van der Waals surface area (Å²) in [6.07, 6.45) is 6.84. The first-order valence-corrected chi connectivity index (χ1v) is 8.77. The molecule has 0 aromatic heterocycles. The zero-order chi connectivity index (χ0) is 15.9. The molecule has 2 aliphatic carbocycles. The van der Waals surface area contributed by atoms with Crippen LogP contribution in [0.1, 0.15) is 52.4 Å². The maximum absolute atomic E-state index is 12.3. The summed E-state index contributed by atoms with van der Waals surface area (Å²) >= 11 is 0. The van der Waals surface area contributed by atoms with Crippen molar-refractivity contribution in [1.29, 1.82) is 0 Å². The standard InChI is InChI=1S/C19H30N2O/c1-13(2)16-8-17(14(3)18(22)9-16)21-6-4-19(5-7-21)10-15(11-19)12-20/h15-16H,1,4-12,20H2,2-3H3. The fraction of sp³-hybridized carbons (Fsp3) is 0.737. The van der Waals surface area contributed by atoms with Crippen molar-refractivity contribution in [3.05, 3.63) is 23.4 Å². The SMILES string of the molecule is C=C(C)C1CC(=O)C(C)=C(N2CCC3(CC2)CC(CN)C3)C1. The maximum atomic E-state index is 12.3. The van der Waals surface area contributed by atoms with Gasteiger partial charge in [-0.2, -0.15) is 0 Å². The van der Waals surface area contributed by atoms with Crippen LogP contribution in [0, 0.1) is 17.3 Å². The molecule has 1 saturated heterocycles. The highest BCUT2D eigenvalue weighted by molar-refractivity contribution is 5.96. The van der Waals surface area contributed by atoms with E-state index in [9.17, 15) is 4.79 Å². The lowest BCUT2D eigenvalue weighted by Crippen LogP contribution is -2.49. The number of likely N-dealkylation sites (tertiary alicyclic amines) is 1. The average molecular weight is 302 g/mol. The first-order valence-electron chi connectivity index (χ1n) is 8.77. The maximum Gasteiger partial charge on any atom is 0.160 e. The van der Waals surface area contributed by atoms with E-state index >= 15 is 0 Å². The topological polar surface area (TPSA) is 46.3 Å². The molecule has 2 fully saturated rings. The van der Waals surface area contributed by atoms with Crippen molar-refractivity contribution in [1.82, 2.24) is 4.90 Å². The van der Waals surface area contributed by atoms with Crippen LogP contribution in [0.2, 0.25) is 0 Å². The minimum atomic E-state index is 0.321. The van der Waals surface area contributed by atoms with Crippen LogP contribution in [0.4, 0.5) is 0 Å². The summed E-state index contributed by atoms with van der Waals surface area (Å²) in [5.41, 5.74) is 9.80. The molecule has 1 unspecified atom stereocenters. The third-order valence-corrected chi connectivity index (χ3v) is 6.40. The number of Topliss-reactive ketones (excluding diaryl/α,β-unsaturated/α-hetero) is 1. The molecule has 1 spiro atoms. The van der Waals surface area contributed by atoms with E-state index < -0.39 is 0 Å². The van der Waals surface area contributed by atoms with Crippen LogP contribution >= 0.6 is 0 Å². The van der Waals surface area contributed by atoms with Crippen molar-refractivity contribution in [2.75, 3.05) is 19.6 Å². The monoisotopic (exact) mass is 302 g/mol. The first kappa shape index (κ1) is 15.8. The fourth-order valence-corrected chi connectivity index (χ4v) is 4.70. The highest BCUT2D eigenvalue weighted by Crippen LogP contribution is 2.52. The van der Waals surface area contributed by atoms with Gasteiger partial charge in [-0.25, -0.2) is 0 Å². The Balaban J connectivity index is 1.66. The van der Waals surface area contributed by atoms with Gasteiger partial charge in [-0.05, 0) is 69.7 Å². The molecule has 0 aromatic carbocycles. The molecule has 1 heterocycles. The molecule has 0 radical (unpaired) electrons. The highest BCUT2D eigenvalue weighted by atomic mass is 16.1. The second-order valence-electron chi connectivity index (χ2n) is 7.94. The molecule has 22 heavy (non-hydrogen) atoms. The van der Waals surface area contributed by atoms with Crippen molar-refractivity contribution in [2.45, 2.75) is 52.4 Å². The molecule has 2 N–H and O–H groups in total. The van der Waals surface area contributed by atoms with Crippen molar-refractivity contribution in [3.8, 4) is 0 Å². The highest BCUT2D eigenvalue weighted by Gasteiger charge is 2.45.